The van der Waals surface area contributed by atoms with Gasteiger partial charge in [0.2, 0.25) is 5.91 Å². The van der Waals surface area contributed by atoms with Gasteiger partial charge in [-0.1, -0.05) is 6.92 Å². The average molecular weight is 227 g/mol. The van der Waals surface area contributed by atoms with Crippen molar-refractivity contribution in [3.63, 3.8) is 0 Å². The molecule has 2 heterocycles. The molecule has 0 saturated carbocycles. The first-order valence-corrected chi connectivity index (χ1v) is 6.15. The fourth-order valence-electron chi connectivity index (χ4n) is 2.42. The van der Waals surface area contributed by atoms with Gasteiger partial charge >= 0.3 is 0 Å². The molecule has 0 bridgehead atoms. The van der Waals surface area contributed by atoms with Crippen molar-refractivity contribution in [3.8, 4) is 0 Å². The summed E-state index contributed by atoms with van der Waals surface area (Å²) in [6, 6.07) is 0.0271. The minimum Gasteiger partial charge on any atom is -0.374 e. The van der Waals surface area contributed by atoms with E-state index in [4.69, 9.17) is 4.74 Å². The molecule has 2 rings (SSSR count). The molecule has 2 aliphatic rings. The highest BCUT2D eigenvalue weighted by Crippen LogP contribution is 2.10. The maximum Gasteiger partial charge on any atom is 0.237 e. The SMILES string of the molecule is CCC1C(=O)NCCN1CC1CNCCO1. The van der Waals surface area contributed by atoms with E-state index >= 15 is 0 Å². The van der Waals surface area contributed by atoms with Crippen LogP contribution in [0.15, 0.2) is 0 Å². The average Bonchev–Trinajstić information content (AvgIpc) is 2.31. The van der Waals surface area contributed by atoms with Gasteiger partial charge in [-0.3, -0.25) is 9.69 Å². The second kappa shape index (κ2) is 5.61. The Bertz CT molecular complexity index is 241. The lowest BCUT2D eigenvalue weighted by Gasteiger charge is -2.37. The Balaban J connectivity index is 1.88. The summed E-state index contributed by atoms with van der Waals surface area (Å²) in [4.78, 5) is 13.9. The van der Waals surface area contributed by atoms with Crippen LogP contribution in [0.25, 0.3) is 0 Å². The third-order valence-electron chi connectivity index (χ3n) is 3.27. The van der Waals surface area contributed by atoms with Crippen LogP contribution < -0.4 is 10.6 Å². The van der Waals surface area contributed by atoms with Crippen molar-refractivity contribution >= 4 is 5.91 Å². The van der Waals surface area contributed by atoms with Gasteiger partial charge < -0.3 is 15.4 Å². The van der Waals surface area contributed by atoms with E-state index in [2.05, 4.69) is 22.5 Å². The maximum atomic E-state index is 11.7. The van der Waals surface area contributed by atoms with Crippen LogP contribution in [0, 0.1) is 0 Å². The molecule has 2 N–H and O–H groups in total. The number of piperazine rings is 1. The summed E-state index contributed by atoms with van der Waals surface area (Å²) in [7, 11) is 0. The monoisotopic (exact) mass is 227 g/mol. The fraction of sp³-hybridized carbons (Fsp3) is 0.909. The Hall–Kier alpha value is -0.650. The fourth-order valence-corrected chi connectivity index (χ4v) is 2.42. The predicted molar refractivity (Wildman–Crippen MR) is 61.3 cm³/mol. The molecular weight excluding hydrogens is 206 g/mol. The lowest BCUT2D eigenvalue weighted by atomic mass is 10.1. The number of nitrogens with zero attached hydrogens (tertiary/aromatic N) is 1. The molecular formula is C11H21N3O2. The van der Waals surface area contributed by atoms with Crippen LogP contribution in [-0.2, 0) is 9.53 Å². The van der Waals surface area contributed by atoms with Gasteiger partial charge in [-0.15, -0.1) is 0 Å². The summed E-state index contributed by atoms with van der Waals surface area (Å²) in [5.41, 5.74) is 0. The van der Waals surface area contributed by atoms with Crippen molar-refractivity contribution < 1.29 is 9.53 Å². The molecule has 0 aromatic rings. The molecule has 2 unspecified atom stereocenters. The summed E-state index contributed by atoms with van der Waals surface area (Å²) in [5.74, 6) is 0.164. The van der Waals surface area contributed by atoms with Gasteiger partial charge in [0.05, 0.1) is 18.8 Å². The van der Waals surface area contributed by atoms with E-state index < -0.39 is 0 Å². The van der Waals surface area contributed by atoms with Crippen molar-refractivity contribution in [1.29, 1.82) is 0 Å². The van der Waals surface area contributed by atoms with Gasteiger partial charge in [-0.2, -0.15) is 0 Å². The van der Waals surface area contributed by atoms with E-state index in [0.29, 0.717) is 0 Å². The third-order valence-corrected chi connectivity index (χ3v) is 3.27. The van der Waals surface area contributed by atoms with Crippen LogP contribution in [-0.4, -0.2) is 62.3 Å². The van der Waals surface area contributed by atoms with E-state index in [1.807, 2.05) is 0 Å². The molecule has 1 amide bonds. The van der Waals surface area contributed by atoms with E-state index in [0.717, 1.165) is 45.8 Å². The van der Waals surface area contributed by atoms with E-state index in [9.17, 15) is 4.79 Å². The quantitative estimate of drug-likeness (QED) is 0.662. The normalized spacial score (nSPS) is 32.4. The minimum atomic E-state index is 0.0271. The van der Waals surface area contributed by atoms with Crippen LogP contribution in [0.3, 0.4) is 0 Å². The summed E-state index contributed by atoms with van der Waals surface area (Å²) >= 11 is 0. The Morgan fingerprint density at radius 3 is 3.06 bits per heavy atom. The Kier molecular flexibility index (Phi) is 4.15. The molecule has 5 heteroatoms. The molecule has 2 saturated heterocycles. The third kappa shape index (κ3) is 2.72. The molecule has 5 nitrogen and oxygen atoms in total. The van der Waals surface area contributed by atoms with Crippen LogP contribution >= 0.6 is 0 Å². The molecule has 2 fully saturated rings. The standard InChI is InChI=1S/C11H21N3O2/c1-2-10-11(15)13-3-5-14(10)8-9-7-12-4-6-16-9/h9-10,12H,2-8H2,1H3,(H,13,15). The first-order chi connectivity index (χ1) is 7.81. The zero-order valence-corrected chi connectivity index (χ0v) is 9.87. The molecule has 0 spiro atoms. The Labute approximate surface area is 96.5 Å². The van der Waals surface area contributed by atoms with Gasteiger partial charge in [0.15, 0.2) is 0 Å². The highest BCUT2D eigenvalue weighted by atomic mass is 16.5. The summed E-state index contributed by atoms with van der Waals surface area (Å²) in [5, 5.41) is 6.23. The number of morpholine rings is 1. The van der Waals surface area contributed by atoms with Gasteiger partial charge in [0.25, 0.3) is 0 Å². The van der Waals surface area contributed by atoms with E-state index in [1.165, 1.54) is 0 Å². The minimum absolute atomic E-state index is 0.0271. The number of rotatable bonds is 3. The lowest BCUT2D eigenvalue weighted by Crippen LogP contribution is -2.58. The first-order valence-electron chi connectivity index (χ1n) is 6.15. The van der Waals surface area contributed by atoms with Crippen molar-refractivity contribution in [2.75, 3.05) is 39.3 Å². The smallest absolute Gasteiger partial charge is 0.237 e. The topological polar surface area (TPSA) is 53.6 Å². The molecule has 92 valence electrons. The molecule has 0 aromatic carbocycles. The highest BCUT2D eigenvalue weighted by Gasteiger charge is 2.30. The molecule has 0 radical (unpaired) electrons. The maximum absolute atomic E-state index is 11.7. The Morgan fingerprint density at radius 1 is 1.50 bits per heavy atom. The van der Waals surface area contributed by atoms with Crippen molar-refractivity contribution in [3.05, 3.63) is 0 Å². The predicted octanol–water partition coefficient (Wildman–Crippen LogP) is -0.815. The van der Waals surface area contributed by atoms with Gasteiger partial charge in [0.1, 0.15) is 0 Å². The van der Waals surface area contributed by atoms with Crippen LogP contribution in [0.4, 0.5) is 0 Å². The van der Waals surface area contributed by atoms with Gasteiger partial charge in [-0.25, -0.2) is 0 Å². The van der Waals surface area contributed by atoms with Gasteiger partial charge in [0, 0.05) is 32.7 Å². The number of nitrogens with one attached hydrogen (secondary N) is 2. The number of ether oxygens (including phenoxy) is 1. The molecule has 0 aliphatic carbocycles. The first kappa shape index (κ1) is 11.8. The van der Waals surface area contributed by atoms with Gasteiger partial charge in [-0.05, 0) is 6.42 Å². The number of hydrogen-bond donors (Lipinski definition) is 2. The second-order valence-corrected chi connectivity index (χ2v) is 4.41. The molecule has 0 aromatic heterocycles. The largest absolute Gasteiger partial charge is 0.374 e. The summed E-state index contributed by atoms with van der Waals surface area (Å²) < 4.78 is 5.67. The number of hydrogen-bond acceptors (Lipinski definition) is 4. The number of carbonyl (C=O) groups excluding carboxylic acids is 1. The summed E-state index contributed by atoms with van der Waals surface area (Å²) in [6.07, 6.45) is 1.10. The number of carbonyl (C=O) groups is 1. The van der Waals surface area contributed by atoms with Crippen molar-refractivity contribution in [2.45, 2.75) is 25.5 Å². The zero-order chi connectivity index (χ0) is 11.4. The van der Waals surface area contributed by atoms with E-state index in [-0.39, 0.29) is 18.1 Å². The van der Waals surface area contributed by atoms with Crippen LogP contribution in [0.1, 0.15) is 13.3 Å². The van der Waals surface area contributed by atoms with Crippen LogP contribution in [0.5, 0.6) is 0 Å². The zero-order valence-electron chi connectivity index (χ0n) is 9.87. The van der Waals surface area contributed by atoms with Crippen LogP contribution in [0.2, 0.25) is 0 Å². The second-order valence-electron chi connectivity index (χ2n) is 4.41. The molecule has 16 heavy (non-hydrogen) atoms. The molecule has 2 atom stereocenters. The molecule has 2 aliphatic heterocycles. The van der Waals surface area contributed by atoms with Crippen molar-refractivity contribution in [1.82, 2.24) is 15.5 Å². The lowest BCUT2D eigenvalue weighted by molar-refractivity contribution is -0.130. The Morgan fingerprint density at radius 2 is 2.38 bits per heavy atom. The highest BCUT2D eigenvalue weighted by molar-refractivity contribution is 5.82. The number of amides is 1. The summed E-state index contributed by atoms with van der Waals surface area (Å²) in [6.45, 7) is 7.23. The van der Waals surface area contributed by atoms with Crippen molar-refractivity contribution in [2.24, 2.45) is 0 Å². The van der Waals surface area contributed by atoms with E-state index in [1.54, 1.807) is 0 Å².